The molecule has 0 unspecified atom stereocenters. The highest BCUT2D eigenvalue weighted by atomic mass is 16.5. The summed E-state index contributed by atoms with van der Waals surface area (Å²) in [6.07, 6.45) is 2.37. The van der Waals surface area contributed by atoms with E-state index < -0.39 is 0 Å². The molecule has 2 fully saturated rings. The molecule has 2 bridgehead atoms. The van der Waals surface area contributed by atoms with Gasteiger partial charge in [-0.05, 0) is 30.9 Å². The molecule has 23 heavy (non-hydrogen) atoms. The Morgan fingerprint density at radius 3 is 2.83 bits per heavy atom. The number of nitrogens with zero attached hydrogens (tertiary/aromatic N) is 1. The lowest BCUT2D eigenvalue weighted by Gasteiger charge is -2.33. The molecule has 1 N–H and O–H groups in total. The minimum absolute atomic E-state index is 0.00719. The van der Waals surface area contributed by atoms with Gasteiger partial charge in [-0.15, -0.1) is 0 Å². The molecule has 2 aliphatic heterocycles. The largest absolute Gasteiger partial charge is 0.371 e. The number of likely N-dealkylation sites (tertiary alicyclic amines) is 1. The Labute approximate surface area is 139 Å². The molecule has 1 amide bonds. The summed E-state index contributed by atoms with van der Waals surface area (Å²) < 4.78 is 6.02. The number of hydrogen-bond donors (Lipinski definition) is 1. The summed E-state index contributed by atoms with van der Waals surface area (Å²) in [7, 11) is 0. The van der Waals surface area contributed by atoms with Crippen LogP contribution in [0.5, 0.6) is 0 Å². The quantitative estimate of drug-likeness (QED) is 0.876. The van der Waals surface area contributed by atoms with Crippen LogP contribution < -0.4 is 5.32 Å². The molecule has 2 aliphatic rings. The summed E-state index contributed by atoms with van der Waals surface area (Å²) in [5.74, 6) is 0.875. The Morgan fingerprint density at radius 2 is 2.09 bits per heavy atom. The van der Waals surface area contributed by atoms with Gasteiger partial charge in [0.2, 0.25) is 5.91 Å². The molecule has 0 radical (unpaired) electrons. The van der Waals surface area contributed by atoms with Crippen LogP contribution in [0.25, 0.3) is 0 Å². The third-order valence-corrected chi connectivity index (χ3v) is 4.90. The Morgan fingerprint density at radius 1 is 1.30 bits per heavy atom. The van der Waals surface area contributed by atoms with Crippen LogP contribution in [0.2, 0.25) is 0 Å². The number of hydrogen-bond acceptors (Lipinski definition) is 3. The molecule has 4 heteroatoms. The number of benzene rings is 1. The van der Waals surface area contributed by atoms with Crippen molar-refractivity contribution in [2.45, 2.75) is 45.4 Å². The van der Waals surface area contributed by atoms with Crippen LogP contribution in [0.1, 0.15) is 32.3 Å². The average molecular weight is 316 g/mol. The maximum Gasteiger partial charge on any atom is 0.226 e. The molecule has 0 spiro atoms. The van der Waals surface area contributed by atoms with Gasteiger partial charge in [0.05, 0.1) is 18.1 Å². The Balaban J connectivity index is 1.50. The highest BCUT2D eigenvalue weighted by Crippen LogP contribution is 2.32. The normalized spacial score (nSPS) is 27.3. The lowest BCUT2D eigenvalue weighted by molar-refractivity contribution is -0.128. The lowest BCUT2D eigenvalue weighted by atomic mass is 9.99. The van der Waals surface area contributed by atoms with Gasteiger partial charge < -0.3 is 10.1 Å². The molecule has 0 aromatic heterocycles. The second-order valence-electron chi connectivity index (χ2n) is 7.28. The van der Waals surface area contributed by atoms with E-state index in [0.29, 0.717) is 6.54 Å². The summed E-state index contributed by atoms with van der Waals surface area (Å²) in [5, 5.41) is 3.08. The van der Waals surface area contributed by atoms with Crippen molar-refractivity contribution in [1.29, 1.82) is 0 Å². The summed E-state index contributed by atoms with van der Waals surface area (Å²) in [4.78, 5) is 15.0. The fraction of sp³-hybridized carbons (Fsp3) is 0.632. The van der Waals surface area contributed by atoms with Gasteiger partial charge >= 0.3 is 0 Å². The SMILES string of the molecule is CC(C)CCN1C[C@@H]2C[C@H](C(=O)NCc3ccccc3)[C@H](C1)O2. The van der Waals surface area contributed by atoms with Gasteiger partial charge in [-0.25, -0.2) is 0 Å². The minimum atomic E-state index is 0.00719. The van der Waals surface area contributed by atoms with Gasteiger partial charge in [0.15, 0.2) is 0 Å². The van der Waals surface area contributed by atoms with Gasteiger partial charge in [0, 0.05) is 19.6 Å². The highest BCUT2D eigenvalue weighted by molar-refractivity contribution is 5.79. The first-order chi connectivity index (χ1) is 11.1. The molecule has 2 saturated heterocycles. The van der Waals surface area contributed by atoms with Crippen molar-refractivity contribution in [3.05, 3.63) is 35.9 Å². The maximum absolute atomic E-state index is 12.5. The van der Waals surface area contributed by atoms with Crippen LogP contribution in [-0.2, 0) is 16.1 Å². The lowest BCUT2D eigenvalue weighted by Crippen LogP contribution is -2.45. The predicted molar refractivity (Wildman–Crippen MR) is 91.0 cm³/mol. The van der Waals surface area contributed by atoms with Gasteiger partial charge in [0.1, 0.15) is 0 Å². The summed E-state index contributed by atoms with van der Waals surface area (Å²) in [6.45, 7) is 8.11. The molecule has 1 aromatic carbocycles. The van der Waals surface area contributed by atoms with Crippen molar-refractivity contribution in [3.63, 3.8) is 0 Å². The molecule has 0 saturated carbocycles. The first kappa shape index (κ1) is 16.5. The zero-order valence-electron chi connectivity index (χ0n) is 14.2. The van der Waals surface area contributed by atoms with Crippen molar-refractivity contribution >= 4 is 5.91 Å². The van der Waals surface area contributed by atoms with Crippen LogP contribution in [0.15, 0.2) is 30.3 Å². The van der Waals surface area contributed by atoms with Crippen LogP contribution in [0, 0.1) is 11.8 Å². The topological polar surface area (TPSA) is 41.6 Å². The molecular formula is C19H28N2O2. The molecule has 4 nitrogen and oxygen atoms in total. The molecule has 126 valence electrons. The molecule has 1 aromatic rings. The van der Waals surface area contributed by atoms with Gasteiger partial charge in [-0.3, -0.25) is 9.69 Å². The monoisotopic (exact) mass is 316 g/mol. The van der Waals surface area contributed by atoms with Crippen molar-refractivity contribution in [2.24, 2.45) is 11.8 Å². The van der Waals surface area contributed by atoms with Gasteiger partial charge in [-0.2, -0.15) is 0 Å². The standard InChI is InChI=1S/C19H28N2O2/c1-14(2)8-9-21-12-16-10-17(18(13-21)23-16)19(22)20-11-15-6-4-3-5-7-15/h3-7,14,16-18H,8-13H2,1-2H3,(H,20,22)/t16-,17-,18-/m0/s1. The number of fused-ring (bicyclic) bond motifs is 2. The third kappa shape index (κ3) is 4.33. The van der Waals surface area contributed by atoms with E-state index in [1.165, 1.54) is 6.42 Å². The molecule has 0 aliphatic carbocycles. The van der Waals surface area contributed by atoms with Gasteiger partial charge in [0.25, 0.3) is 0 Å². The van der Waals surface area contributed by atoms with Crippen molar-refractivity contribution in [3.8, 4) is 0 Å². The summed E-state index contributed by atoms with van der Waals surface area (Å²) in [6, 6.07) is 10.1. The smallest absolute Gasteiger partial charge is 0.226 e. The van der Waals surface area contributed by atoms with Crippen LogP contribution in [0.4, 0.5) is 0 Å². The number of morpholine rings is 1. The Hall–Kier alpha value is -1.39. The zero-order chi connectivity index (χ0) is 16.2. The number of amides is 1. The van der Waals surface area contributed by atoms with Crippen molar-refractivity contribution < 1.29 is 9.53 Å². The summed E-state index contributed by atoms with van der Waals surface area (Å²) >= 11 is 0. The van der Waals surface area contributed by atoms with E-state index >= 15 is 0 Å². The van der Waals surface area contributed by atoms with E-state index in [2.05, 4.69) is 24.1 Å². The zero-order valence-corrected chi connectivity index (χ0v) is 14.2. The van der Waals surface area contributed by atoms with E-state index in [4.69, 9.17) is 4.74 Å². The van der Waals surface area contributed by atoms with Crippen molar-refractivity contribution in [1.82, 2.24) is 10.2 Å². The molecule has 3 atom stereocenters. The van der Waals surface area contributed by atoms with E-state index in [9.17, 15) is 4.79 Å². The van der Waals surface area contributed by atoms with Crippen LogP contribution in [0.3, 0.4) is 0 Å². The number of nitrogens with one attached hydrogen (secondary N) is 1. The van der Waals surface area contributed by atoms with Gasteiger partial charge in [-0.1, -0.05) is 44.2 Å². The highest BCUT2D eigenvalue weighted by Gasteiger charge is 2.44. The maximum atomic E-state index is 12.5. The number of rotatable bonds is 6. The second-order valence-corrected chi connectivity index (χ2v) is 7.28. The number of carbonyl (C=O) groups is 1. The Bertz CT molecular complexity index is 517. The molecule has 2 heterocycles. The minimum Gasteiger partial charge on any atom is -0.371 e. The average Bonchev–Trinajstić information content (AvgIpc) is 2.86. The van der Waals surface area contributed by atoms with E-state index in [1.54, 1.807) is 0 Å². The molecule has 3 rings (SSSR count). The fourth-order valence-corrected chi connectivity index (χ4v) is 3.55. The van der Waals surface area contributed by atoms with Crippen molar-refractivity contribution in [2.75, 3.05) is 19.6 Å². The Kier molecular flexibility index (Phi) is 5.34. The number of ether oxygens (including phenoxy) is 1. The van der Waals surface area contributed by atoms with E-state index in [-0.39, 0.29) is 24.0 Å². The predicted octanol–water partition coefficient (Wildman–Crippen LogP) is 2.44. The van der Waals surface area contributed by atoms with E-state index in [0.717, 1.165) is 37.5 Å². The third-order valence-electron chi connectivity index (χ3n) is 4.90. The first-order valence-corrected chi connectivity index (χ1v) is 8.81. The molecular weight excluding hydrogens is 288 g/mol. The summed E-state index contributed by atoms with van der Waals surface area (Å²) in [5.41, 5.74) is 1.14. The second kappa shape index (κ2) is 7.45. The first-order valence-electron chi connectivity index (χ1n) is 8.81. The van der Waals surface area contributed by atoms with Crippen LogP contribution >= 0.6 is 0 Å². The number of carbonyl (C=O) groups excluding carboxylic acids is 1. The van der Waals surface area contributed by atoms with Crippen LogP contribution in [-0.4, -0.2) is 42.6 Å². The fourth-order valence-electron chi connectivity index (χ4n) is 3.55. The van der Waals surface area contributed by atoms with E-state index in [1.807, 2.05) is 30.3 Å².